The Bertz CT molecular complexity index is 1660. The van der Waals surface area contributed by atoms with Crippen LogP contribution in [0.1, 0.15) is 22.5 Å². The van der Waals surface area contributed by atoms with Gasteiger partial charge in [0.25, 0.3) is 11.6 Å². The summed E-state index contributed by atoms with van der Waals surface area (Å²) in [6, 6.07) is 22.3. The molecule has 7 nitrogen and oxygen atoms in total. The lowest BCUT2D eigenvalue weighted by molar-refractivity contribution is -0.384. The number of nitrogens with one attached hydrogen (secondary N) is 1. The van der Waals surface area contributed by atoms with Crippen LogP contribution in [0.2, 0.25) is 5.02 Å². The minimum atomic E-state index is -0.401. The Balaban J connectivity index is 1.34. The van der Waals surface area contributed by atoms with Gasteiger partial charge in [0.05, 0.1) is 15.5 Å². The average Bonchev–Trinajstić information content (AvgIpc) is 3.39. The summed E-state index contributed by atoms with van der Waals surface area (Å²) in [5.74, 6) is -0.186. The summed E-state index contributed by atoms with van der Waals surface area (Å²) in [5.41, 5.74) is 5.74. The van der Waals surface area contributed by atoms with E-state index in [0.717, 1.165) is 38.0 Å². The predicted octanol–water partition coefficient (Wildman–Crippen LogP) is 8.01. The number of nitro groups is 1. The minimum Gasteiger partial charge on any atom is -0.318 e. The molecule has 1 saturated heterocycles. The maximum Gasteiger partial charge on any atom is 0.269 e. The maximum atomic E-state index is 12.7. The van der Waals surface area contributed by atoms with Crippen LogP contribution in [0.25, 0.3) is 11.8 Å². The number of nitrogens with zero attached hydrogens (tertiary/aromatic N) is 3. The van der Waals surface area contributed by atoms with Gasteiger partial charge in [-0.2, -0.15) is 0 Å². The fraction of sp³-hybridized carbons (Fsp3) is 0.103. The summed E-state index contributed by atoms with van der Waals surface area (Å²) < 4.78 is 2.15. The van der Waals surface area contributed by atoms with Gasteiger partial charge in [0, 0.05) is 44.0 Å². The molecule has 0 spiro atoms. The zero-order chi connectivity index (χ0) is 27.7. The van der Waals surface area contributed by atoms with Crippen LogP contribution in [0.4, 0.5) is 11.4 Å². The summed E-state index contributed by atoms with van der Waals surface area (Å²) in [7, 11) is 0. The number of carbonyl (C=O) groups is 1. The average molecular weight is 575 g/mol. The largest absolute Gasteiger partial charge is 0.318 e. The van der Waals surface area contributed by atoms with Gasteiger partial charge in [0.1, 0.15) is 0 Å². The van der Waals surface area contributed by atoms with E-state index in [2.05, 4.69) is 20.9 Å². The molecule has 0 bridgehead atoms. The lowest BCUT2D eigenvalue weighted by atomic mass is 10.2. The Kier molecular flexibility index (Phi) is 7.65. The number of nitro benzene ring substituents is 1. The van der Waals surface area contributed by atoms with Crippen molar-refractivity contribution >= 4 is 63.7 Å². The zero-order valence-electron chi connectivity index (χ0n) is 21.3. The van der Waals surface area contributed by atoms with Gasteiger partial charge in [-0.3, -0.25) is 14.9 Å². The van der Waals surface area contributed by atoms with E-state index < -0.39 is 4.92 Å². The van der Waals surface area contributed by atoms with E-state index in [9.17, 15) is 14.9 Å². The van der Waals surface area contributed by atoms with Crippen LogP contribution in [0, 0.1) is 30.9 Å². The van der Waals surface area contributed by atoms with Gasteiger partial charge in [-0.1, -0.05) is 29.4 Å². The van der Waals surface area contributed by atoms with Crippen molar-refractivity contribution in [2.45, 2.75) is 30.6 Å². The van der Waals surface area contributed by atoms with Crippen molar-refractivity contribution in [3.05, 3.63) is 115 Å². The predicted molar refractivity (Wildman–Crippen MR) is 159 cm³/mol. The molecule has 4 aromatic rings. The van der Waals surface area contributed by atoms with Crippen molar-refractivity contribution in [1.29, 1.82) is 0 Å². The summed E-state index contributed by atoms with van der Waals surface area (Å²) >= 11 is 9.05. The molecule has 1 amide bonds. The number of non-ortho nitro benzene ring substituents is 1. The van der Waals surface area contributed by atoms with Crippen molar-refractivity contribution in [2.75, 3.05) is 0 Å². The highest BCUT2D eigenvalue weighted by Crippen LogP contribution is 2.33. The first-order chi connectivity index (χ1) is 18.7. The molecule has 1 fully saturated rings. The van der Waals surface area contributed by atoms with Crippen LogP contribution < -0.4 is 5.32 Å². The first kappa shape index (κ1) is 26.8. The van der Waals surface area contributed by atoms with Crippen LogP contribution >= 0.6 is 35.1 Å². The first-order valence-electron chi connectivity index (χ1n) is 12.0. The second kappa shape index (κ2) is 11.1. The number of rotatable bonds is 6. The third-order valence-electron chi connectivity index (χ3n) is 6.17. The third kappa shape index (κ3) is 5.95. The number of halogens is 1. The molecule has 39 heavy (non-hydrogen) atoms. The van der Waals surface area contributed by atoms with E-state index >= 15 is 0 Å². The van der Waals surface area contributed by atoms with E-state index in [1.807, 2.05) is 63.2 Å². The fourth-order valence-corrected chi connectivity index (χ4v) is 5.98. The van der Waals surface area contributed by atoms with Crippen molar-refractivity contribution < 1.29 is 9.72 Å². The number of amides is 1. The zero-order valence-corrected chi connectivity index (χ0v) is 23.7. The molecule has 3 aromatic carbocycles. The van der Waals surface area contributed by atoms with Crippen molar-refractivity contribution in [3.8, 4) is 5.69 Å². The molecule has 0 atom stereocenters. The van der Waals surface area contributed by atoms with E-state index in [-0.39, 0.29) is 11.6 Å². The van der Waals surface area contributed by atoms with Gasteiger partial charge in [-0.05, 0) is 104 Å². The molecule has 0 radical (unpaired) electrons. The number of aliphatic imine (C=N–C) groups is 1. The molecule has 5 rings (SSSR count). The van der Waals surface area contributed by atoms with E-state index in [0.29, 0.717) is 20.8 Å². The minimum absolute atomic E-state index is 0.0761. The van der Waals surface area contributed by atoms with Gasteiger partial charge in [-0.25, -0.2) is 4.99 Å². The molecule has 2 heterocycles. The number of hydrogen-bond acceptors (Lipinski definition) is 6. The molecule has 1 aliphatic heterocycles. The summed E-state index contributed by atoms with van der Waals surface area (Å²) in [5, 5.41) is 14.9. The van der Waals surface area contributed by atoms with Crippen molar-refractivity contribution in [2.24, 2.45) is 4.99 Å². The van der Waals surface area contributed by atoms with Gasteiger partial charge < -0.3 is 9.88 Å². The number of benzene rings is 3. The van der Waals surface area contributed by atoms with Crippen molar-refractivity contribution in [1.82, 2.24) is 9.88 Å². The lowest BCUT2D eigenvalue weighted by Crippen LogP contribution is -2.19. The molecule has 0 aliphatic carbocycles. The van der Waals surface area contributed by atoms with Crippen LogP contribution in [-0.4, -0.2) is 20.6 Å². The number of hydrogen-bond donors (Lipinski definition) is 1. The molecule has 196 valence electrons. The quantitative estimate of drug-likeness (QED) is 0.143. The first-order valence-corrected chi connectivity index (χ1v) is 14.0. The number of aromatic nitrogens is 1. The van der Waals surface area contributed by atoms with Crippen molar-refractivity contribution in [3.63, 3.8) is 0 Å². The molecule has 1 aromatic heterocycles. The monoisotopic (exact) mass is 574 g/mol. The fourth-order valence-electron chi connectivity index (χ4n) is 4.16. The van der Waals surface area contributed by atoms with Crippen LogP contribution in [-0.2, 0) is 4.79 Å². The Morgan fingerprint density at radius 1 is 1.00 bits per heavy atom. The molecule has 1 N–H and O–H groups in total. The Morgan fingerprint density at radius 2 is 1.67 bits per heavy atom. The van der Waals surface area contributed by atoms with E-state index in [1.165, 1.54) is 23.9 Å². The maximum absolute atomic E-state index is 12.7. The number of amidine groups is 1. The molecule has 0 saturated carbocycles. The highest BCUT2D eigenvalue weighted by Gasteiger charge is 2.24. The standard InChI is InChI=1S/C29H23ClN4O3S2/c1-17-4-5-21(16-26(17)30)31-29-32-28(35)27(39-29)15-20-14-18(2)33(19(20)3)22-6-10-24(11-7-22)38-25-12-8-23(9-13-25)34(36)37/h4-16H,1-3H3,(H,31,32,35)/b27-15-. The highest BCUT2D eigenvalue weighted by molar-refractivity contribution is 8.18. The van der Waals surface area contributed by atoms with E-state index in [4.69, 9.17) is 11.6 Å². The summed E-state index contributed by atoms with van der Waals surface area (Å²) in [6.45, 7) is 5.99. The molecular formula is C29H23ClN4O3S2. The third-order valence-corrected chi connectivity index (χ3v) is 8.50. The molecular weight excluding hydrogens is 552 g/mol. The topological polar surface area (TPSA) is 89.5 Å². The summed E-state index contributed by atoms with van der Waals surface area (Å²) in [6.07, 6.45) is 1.89. The molecule has 0 unspecified atom stereocenters. The van der Waals surface area contributed by atoms with Gasteiger partial charge in [0.15, 0.2) is 5.17 Å². The Labute approximate surface area is 239 Å². The smallest absolute Gasteiger partial charge is 0.269 e. The SMILES string of the molecule is Cc1ccc(N=C2NC(=O)/C(=C/c3cc(C)n(-c4ccc(Sc5ccc([N+](=O)[O-])cc5)cc4)c3C)S2)cc1Cl. The Hall–Kier alpha value is -3.79. The second-order valence-corrected chi connectivity index (χ2v) is 11.5. The number of aryl methyl sites for hydroxylation is 2. The normalized spacial score (nSPS) is 15.2. The van der Waals surface area contributed by atoms with Crippen LogP contribution in [0.5, 0.6) is 0 Å². The van der Waals surface area contributed by atoms with Crippen LogP contribution in [0.15, 0.2) is 92.5 Å². The van der Waals surface area contributed by atoms with Crippen LogP contribution in [0.3, 0.4) is 0 Å². The summed E-state index contributed by atoms with van der Waals surface area (Å²) in [4.78, 5) is 30.2. The lowest BCUT2D eigenvalue weighted by Gasteiger charge is -2.11. The number of thioether (sulfide) groups is 1. The van der Waals surface area contributed by atoms with Gasteiger partial charge in [0.2, 0.25) is 0 Å². The van der Waals surface area contributed by atoms with Gasteiger partial charge >= 0.3 is 0 Å². The molecule has 10 heteroatoms. The highest BCUT2D eigenvalue weighted by atomic mass is 35.5. The van der Waals surface area contributed by atoms with Gasteiger partial charge in [-0.15, -0.1) is 0 Å². The Morgan fingerprint density at radius 3 is 2.31 bits per heavy atom. The number of carbonyl (C=O) groups excluding carboxylic acids is 1. The molecule has 1 aliphatic rings. The second-order valence-electron chi connectivity index (χ2n) is 8.92. The van der Waals surface area contributed by atoms with E-state index in [1.54, 1.807) is 30.0 Å².